The largest absolute Gasteiger partial charge is 0.330 e. The molecule has 3 heterocycles. The van der Waals surface area contributed by atoms with E-state index in [9.17, 15) is 0 Å². The van der Waals surface area contributed by atoms with Crippen molar-refractivity contribution >= 4 is 18.2 Å². The van der Waals surface area contributed by atoms with Crippen LogP contribution in [0.4, 0.5) is 5.95 Å². The van der Waals surface area contributed by atoms with Gasteiger partial charge in [-0.05, 0) is 31.1 Å². The Hall–Kier alpha value is -1.80. The van der Waals surface area contributed by atoms with Gasteiger partial charge in [0.25, 0.3) is 0 Å². The summed E-state index contributed by atoms with van der Waals surface area (Å²) < 4.78 is 4.93. The number of quaternary nitrogens is 1. The summed E-state index contributed by atoms with van der Waals surface area (Å²) in [7, 11) is 2.04. The number of nitrogens with zero attached hydrogens (tertiary/aromatic N) is 6. The minimum Gasteiger partial charge on any atom is -0.330 e. The molecule has 0 radical (unpaired) electrons. The molecule has 4 rings (SSSR count). The molecule has 2 aliphatic rings. The van der Waals surface area contributed by atoms with E-state index in [0.29, 0.717) is 5.92 Å². The first-order chi connectivity index (χ1) is 11.2. The third-order valence-electron chi connectivity index (χ3n) is 4.70. The quantitative estimate of drug-likeness (QED) is 0.798. The highest BCUT2D eigenvalue weighted by molar-refractivity contribution is 7.71. The minimum absolute atomic E-state index is 0.630. The Labute approximate surface area is 140 Å². The van der Waals surface area contributed by atoms with Gasteiger partial charge in [-0.3, -0.25) is 0 Å². The predicted octanol–water partition coefficient (Wildman–Crippen LogP) is -0.0189. The molecule has 23 heavy (non-hydrogen) atoms. The molecule has 0 atom stereocenters. The first-order valence-corrected chi connectivity index (χ1v) is 8.62. The topological polar surface area (TPSA) is 56.2 Å². The van der Waals surface area contributed by atoms with Crippen molar-refractivity contribution in [3.8, 4) is 0 Å². The zero-order chi connectivity index (χ0) is 15.8. The summed E-state index contributed by atoms with van der Waals surface area (Å²) in [5, 5.41) is 4.76. The molecule has 1 saturated carbocycles. The highest BCUT2D eigenvalue weighted by atomic mass is 32.1. The van der Waals surface area contributed by atoms with Gasteiger partial charge in [-0.25, -0.2) is 9.97 Å². The smallest absolute Gasteiger partial charge is 0.225 e. The second-order valence-corrected chi connectivity index (χ2v) is 6.78. The molecule has 0 spiro atoms. The van der Waals surface area contributed by atoms with Crippen LogP contribution in [0.15, 0.2) is 18.5 Å². The van der Waals surface area contributed by atoms with E-state index in [0.717, 1.165) is 49.4 Å². The summed E-state index contributed by atoms with van der Waals surface area (Å²) >= 11 is 5.55. The molecule has 1 aliphatic carbocycles. The average molecular weight is 332 g/mol. The molecular formula is C15H22N7S+. The van der Waals surface area contributed by atoms with Crippen molar-refractivity contribution in [2.45, 2.75) is 25.4 Å². The van der Waals surface area contributed by atoms with Crippen molar-refractivity contribution in [3.05, 3.63) is 29.1 Å². The summed E-state index contributed by atoms with van der Waals surface area (Å²) in [6.45, 7) is 4.89. The van der Waals surface area contributed by atoms with Crippen molar-refractivity contribution in [2.24, 2.45) is 7.05 Å². The van der Waals surface area contributed by atoms with Crippen LogP contribution in [0.25, 0.3) is 0 Å². The molecule has 0 unspecified atom stereocenters. The molecule has 1 aliphatic heterocycles. The molecule has 2 fully saturated rings. The van der Waals surface area contributed by atoms with Crippen molar-refractivity contribution in [1.82, 2.24) is 24.3 Å². The van der Waals surface area contributed by atoms with Crippen LogP contribution in [0.1, 0.15) is 24.6 Å². The van der Waals surface area contributed by atoms with Crippen molar-refractivity contribution < 1.29 is 4.90 Å². The van der Waals surface area contributed by atoms with Gasteiger partial charge in [0.15, 0.2) is 6.67 Å². The fourth-order valence-corrected chi connectivity index (χ4v) is 3.35. The van der Waals surface area contributed by atoms with Crippen molar-refractivity contribution in [2.75, 3.05) is 31.1 Å². The molecule has 7 nitrogen and oxygen atoms in total. The molecule has 0 amide bonds. The molecule has 2 aromatic heterocycles. The molecular weight excluding hydrogens is 310 g/mol. The Morgan fingerprint density at radius 2 is 1.91 bits per heavy atom. The fourth-order valence-electron chi connectivity index (χ4n) is 3.15. The van der Waals surface area contributed by atoms with Gasteiger partial charge in [0.1, 0.15) is 5.82 Å². The minimum atomic E-state index is 0.630. The second-order valence-electron chi connectivity index (χ2n) is 6.42. The molecule has 8 heteroatoms. The molecule has 0 bridgehead atoms. The maximum atomic E-state index is 5.55. The lowest BCUT2D eigenvalue weighted by Gasteiger charge is -2.31. The van der Waals surface area contributed by atoms with Crippen LogP contribution in [-0.4, -0.2) is 50.5 Å². The van der Waals surface area contributed by atoms with Crippen LogP contribution >= 0.6 is 12.2 Å². The Morgan fingerprint density at radius 3 is 2.57 bits per heavy atom. The average Bonchev–Trinajstić information content (AvgIpc) is 3.39. The number of anilines is 1. The summed E-state index contributed by atoms with van der Waals surface area (Å²) in [4.78, 5) is 12.4. The van der Waals surface area contributed by atoms with Crippen LogP contribution in [0.2, 0.25) is 0 Å². The standard InChI is InChI=1S/C15H21N7S/c1-19-13(12-3-4-12)18-22(15(19)23)11-20-7-9-21(10-8-20)14-16-5-2-6-17-14/h2,5-6,12H,3-4,7-11H2,1H3/p+1. The van der Waals surface area contributed by atoms with Gasteiger partial charge in [0, 0.05) is 25.4 Å². The number of aromatic nitrogens is 5. The highest BCUT2D eigenvalue weighted by Crippen LogP contribution is 2.38. The fraction of sp³-hybridized carbons (Fsp3) is 0.600. The van der Waals surface area contributed by atoms with Gasteiger partial charge < -0.3 is 14.4 Å². The van der Waals surface area contributed by atoms with E-state index < -0.39 is 0 Å². The monoisotopic (exact) mass is 332 g/mol. The third-order valence-corrected chi connectivity index (χ3v) is 5.18. The van der Waals surface area contributed by atoms with Gasteiger partial charge in [-0.1, -0.05) is 0 Å². The van der Waals surface area contributed by atoms with E-state index in [4.69, 9.17) is 17.3 Å². The lowest BCUT2D eigenvalue weighted by atomic mass is 10.3. The summed E-state index contributed by atoms with van der Waals surface area (Å²) in [5.41, 5.74) is 0. The van der Waals surface area contributed by atoms with Gasteiger partial charge in [-0.2, -0.15) is 9.78 Å². The Morgan fingerprint density at radius 1 is 1.22 bits per heavy atom. The van der Waals surface area contributed by atoms with Crippen LogP contribution in [0.3, 0.4) is 0 Å². The SMILES string of the molecule is Cn1c(C2CC2)nn(C[NH+]2CCN(c3ncccn3)CC2)c1=S. The van der Waals surface area contributed by atoms with Crippen LogP contribution in [-0.2, 0) is 13.7 Å². The Bertz CT molecular complexity index is 726. The van der Waals surface area contributed by atoms with Crippen LogP contribution in [0, 0.1) is 4.77 Å². The summed E-state index contributed by atoms with van der Waals surface area (Å²) in [5.74, 6) is 2.62. The van der Waals surface area contributed by atoms with Gasteiger partial charge in [-0.15, -0.1) is 0 Å². The normalized spacial score (nSPS) is 19.3. The molecule has 0 aromatic carbocycles. The van der Waals surface area contributed by atoms with Gasteiger partial charge in [0.2, 0.25) is 10.7 Å². The first kappa shape index (κ1) is 14.8. The number of piperazine rings is 1. The van der Waals surface area contributed by atoms with Crippen molar-refractivity contribution in [3.63, 3.8) is 0 Å². The van der Waals surface area contributed by atoms with E-state index in [2.05, 4.69) is 19.4 Å². The zero-order valence-electron chi connectivity index (χ0n) is 13.4. The molecule has 1 saturated heterocycles. The molecule has 2 aromatic rings. The lowest BCUT2D eigenvalue weighted by Crippen LogP contribution is -3.14. The second kappa shape index (κ2) is 6.01. The summed E-state index contributed by atoms with van der Waals surface area (Å²) in [6, 6.07) is 1.85. The maximum absolute atomic E-state index is 5.55. The third kappa shape index (κ3) is 3.00. The number of hydrogen-bond donors (Lipinski definition) is 1. The lowest BCUT2D eigenvalue weighted by molar-refractivity contribution is -0.924. The zero-order valence-corrected chi connectivity index (χ0v) is 14.2. The van der Waals surface area contributed by atoms with Crippen LogP contribution in [0.5, 0.6) is 0 Å². The van der Waals surface area contributed by atoms with Gasteiger partial charge >= 0.3 is 0 Å². The van der Waals surface area contributed by atoms with Gasteiger partial charge in [0.05, 0.1) is 26.2 Å². The Balaban J connectivity index is 1.40. The highest BCUT2D eigenvalue weighted by Gasteiger charge is 2.30. The van der Waals surface area contributed by atoms with E-state index in [-0.39, 0.29) is 0 Å². The van der Waals surface area contributed by atoms with Crippen molar-refractivity contribution in [1.29, 1.82) is 0 Å². The molecule has 122 valence electrons. The van der Waals surface area contributed by atoms with Crippen LogP contribution < -0.4 is 9.80 Å². The summed E-state index contributed by atoms with van der Waals surface area (Å²) in [6.07, 6.45) is 6.10. The van der Waals surface area contributed by atoms with E-state index >= 15 is 0 Å². The number of nitrogens with one attached hydrogen (secondary N) is 1. The van der Waals surface area contributed by atoms with E-state index in [1.165, 1.54) is 17.7 Å². The van der Waals surface area contributed by atoms with E-state index in [1.807, 2.05) is 17.8 Å². The maximum Gasteiger partial charge on any atom is 0.225 e. The Kier molecular flexibility index (Phi) is 3.86. The number of rotatable bonds is 4. The molecule has 1 N–H and O–H groups in total. The predicted molar refractivity (Wildman–Crippen MR) is 88.9 cm³/mol. The number of hydrogen-bond acceptors (Lipinski definition) is 5. The van der Waals surface area contributed by atoms with E-state index in [1.54, 1.807) is 12.4 Å². The first-order valence-electron chi connectivity index (χ1n) is 8.21.